The van der Waals surface area contributed by atoms with E-state index < -0.39 is 5.97 Å². The van der Waals surface area contributed by atoms with Crippen LogP contribution in [0.25, 0.3) is 0 Å². The van der Waals surface area contributed by atoms with E-state index in [4.69, 9.17) is 0 Å². The first kappa shape index (κ1) is 13.1. The summed E-state index contributed by atoms with van der Waals surface area (Å²) >= 11 is 0. The molecule has 0 aromatic heterocycles. The second kappa shape index (κ2) is 5.53. The lowest BCUT2D eigenvalue weighted by molar-refractivity contribution is -0.139. The Morgan fingerprint density at radius 3 is 2.89 bits per heavy atom. The van der Waals surface area contributed by atoms with E-state index in [0.717, 1.165) is 32.2 Å². The molecule has 0 saturated heterocycles. The number of rotatable bonds is 4. The highest BCUT2D eigenvalue weighted by atomic mass is 16.4. The Bertz CT molecular complexity index is 430. The van der Waals surface area contributed by atoms with Crippen LogP contribution in [0.1, 0.15) is 43.7 Å². The molecule has 1 aromatic rings. The van der Waals surface area contributed by atoms with E-state index in [0.29, 0.717) is 0 Å². The number of hydrogen-bond acceptors (Lipinski definition) is 2. The average molecular weight is 247 g/mol. The molecular formula is C15H21NO2. The van der Waals surface area contributed by atoms with Gasteiger partial charge in [-0.15, -0.1) is 0 Å². The minimum Gasteiger partial charge on any atom is -0.481 e. The highest BCUT2D eigenvalue weighted by Crippen LogP contribution is 2.36. The van der Waals surface area contributed by atoms with Crippen LogP contribution in [-0.4, -0.2) is 17.6 Å². The number of nitrogens with one attached hydrogen (secondary N) is 1. The lowest BCUT2D eigenvalue weighted by Gasteiger charge is -2.34. The van der Waals surface area contributed by atoms with Crippen LogP contribution in [0.2, 0.25) is 0 Å². The summed E-state index contributed by atoms with van der Waals surface area (Å²) in [6.45, 7) is 2.83. The number of carboxylic acid groups (broad SMARTS) is 1. The number of carbonyl (C=O) groups is 1. The molecule has 1 unspecified atom stereocenters. The standard InChI is InChI=1S/C15H21NO2/c1-2-16-15(11-14(17)18)10-6-5-8-12-7-3-4-9-13(12)15/h3-4,7,9,16H,2,5-6,8,10-11H2,1H3,(H,17,18). The summed E-state index contributed by atoms with van der Waals surface area (Å²) in [5.41, 5.74) is 2.11. The van der Waals surface area contributed by atoms with E-state index in [1.165, 1.54) is 11.1 Å². The van der Waals surface area contributed by atoms with Gasteiger partial charge in [-0.3, -0.25) is 4.79 Å². The van der Waals surface area contributed by atoms with E-state index >= 15 is 0 Å². The smallest absolute Gasteiger partial charge is 0.305 e. The molecule has 0 radical (unpaired) electrons. The summed E-state index contributed by atoms with van der Waals surface area (Å²) < 4.78 is 0. The van der Waals surface area contributed by atoms with Crippen molar-refractivity contribution >= 4 is 5.97 Å². The van der Waals surface area contributed by atoms with E-state index in [1.807, 2.05) is 19.1 Å². The van der Waals surface area contributed by atoms with Crippen LogP contribution >= 0.6 is 0 Å². The van der Waals surface area contributed by atoms with Crippen LogP contribution in [0.5, 0.6) is 0 Å². The molecule has 2 N–H and O–H groups in total. The van der Waals surface area contributed by atoms with Gasteiger partial charge in [0.05, 0.1) is 12.0 Å². The Labute approximate surface area is 108 Å². The maximum atomic E-state index is 11.2. The lowest BCUT2D eigenvalue weighted by atomic mass is 9.81. The molecule has 98 valence electrons. The highest BCUT2D eigenvalue weighted by Gasteiger charge is 2.36. The summed E-state index contributed by atoms with van der Waals surface area (Å²) in [4.78, 5) is 11.2. The zero-order valence-corrected chi connectivity index (χ0v) is 10.9. The molecule has 1 aromatic carbocycles. The summed E-state index contributed by atoms with van der Waals surface area (Å²) in [5, 5.41) is 12.7. The fraction of sp³-hybridized carbons (Fsp3) is 0.533. The van der Waals surface area contributed by atoms with Crippen molar-refractivity contribution in [2.75, 3.05) is 6.54 Å². The zero-order valence-electron chi connectivity index (χ0n) is 10.9. The van der Waals surface area contributed by atoms with Crippen LogP contribution in [0.15, 0.2) is 24.3 Å². The predicted molar refractivity (Wildman–Crippen MR) is 71.6 cm³/mol. The molecule has 1 atom stereocenters. The predicted octanol–water partition coefficient (Wildman–Crippen LogP) is 2.69. The molecule has 0 saturated carbocycles. The second-order valence-corrected chi connectivity index (χ2v) is 5.05. The monoisotopic (exact) mass is 247 g/mol. The summed E-state index contributed by atoms with van der Waals surface area (Å²) in [6.07, 6.45) is 4.35. The van der Waals surface area contributed by atoms with Gasteiger partial charge in [-0.25, -0.2) is 0 Å². The number of carboxylic acids is 1. The average Bonchev–Trinajstić information content (AvgIpc) is 2.50. The molecule has 1 aliphatic rings. The summed E-state index contributed by atoms with van der Waals surface area (Å²) in [7, 11) is 0. The topological polar surface area (TPSA) is 49.3 Å². The number of aliphatic carboxylic acids is 1. The van der Waals surface area contributed by atoms with Crippen molar-refractivity contribution in [3.63, 3.8) is 0 Å². The summed E-state index contributed by atoms with van der Waals surface area (Å²) in [6, 6.07) is 8.28. The Kier molecular flexibility index (Phi) is 4.02. The van der Waals surface area contributed by atoms with Gasteiger partial charge in [-0.1, -0.05) is 37.6 Å². The summed E-state index contributed by atoms with van der Waals surface area (Å²) in [5.74, 6) is -0.729. The Morgan fingerprint density at radius 2 is 2.17 bits per heavy atom. The van der Waals surface area contributed by atoms with Crippen LogP contribution in [0.4, 0.5) is 0 Å². The molecule has 0 aliphatic heterocycles. The lowest BCUT2D eigenvalue weighted by Crippen LogP contribution is -2.44. The zero-order chi connectivity index (χ0) is 13.0. The fourth-order valence-electron chi connectivity index (χ4n) is 3.11. The maximum absolute atomic E-state index is 11.2. The van der Waals surface area contributed by atoms with Crippen molar-refractivity contribution in [1.82, 2.24) is 5.32 Å². The van der Waals surface area contributed by atoms with Crippen molar-refractivity contribution in [3.05, 3.63) is 35.4 Å². The molecule has 2 rings (SSSR count). The first-order chi connectivity index (χ1) is 8.68. The second-order valence-electron chi connectivity index (χ2n) is 5.05. The first-order valence-corrected chi connectivity index (χ1v) is 6.73. The third-order valence-electron chi connectivity index (χ3n) is 3.80. The quantitative estimate of drug-likeness (QED) is 0.804. The van der Waals surface area contributed by atoms with E-state index in [2.05, 4.69) is 17.4 Å². The van der Waals surface area contributed by atoms with Crippen molar-refractivity contribution in [3.8, 4) is 0 Å². The minimum atomic E-state index is -0.729. The van der Waals surface area contributed by atoms with Crippen LogP contribution in [0.3, 0.4) is 0 Å². The molecule has 0 bridgehead atoms. The van der Waals surface area contributed by atoms with Gasteiger partial charge < -0.3 is 10.4 Å². The Hall–Kier alpha value is -1.35. The van der Waals surface area contributed by atoms with E-state index in [-0.39, 0.29) is 12.0 Å². The molecule has 0 fully saturated rings. The van der Waals surface area contributed by atoms with Crippen molar-refractivity contribution < 1.29 is 9.90 Å². The number of benzene rings is 1. The van der Waals surface area contributed by atoms with Gasteiger partial charge in [-0.2, -0.15) is 0 Å². The molecular weight excluding hydrogens is 226 g/mol. The Morgan fingerprint density at radius 1 is 1.39 bits per heavy atom. The van der Waals surface area contributed by atoms with Crippen molar-refractivity contribution in [2.24, 2.45) is 0 Å². The molecule has 18 heavy (non-hydrogen) atoms. The van der Waals surface area contributed by atoms with Crippen LogP contribution < -0.4 is 5.32 Å². The van der Waals surface area contributed by atoms with Gasteiger partial charge in [0, 0.05) is 0 Å². The van der Waals surface area contributed by atoms with Gasteiger partial charge >= 0.3 is 5.97 Å². The molecule has 0 amide bonds. The van der Waals surface area contributed by atoms with Crippen LogP contribution in [0, 0.1) is 0 Å². The third-order valence-corrected chi connectivity index (χ3v) is 3.80. The Balaban J connectivity index is 2.46. The normalized spacial score (nSPS) is 23.2. The van der Waals surface area contributed by atoms with Crippen molar-refractivity contribution in [1.29, 1.82) is 0 Å². The molecule has 0 heterocycles. The van der Waals surface area contributed by atoms with E-state index in [1.54, 1.807) is 0 Å². The molecule has 3 heteroatoms. The number of aryl methyl sites for hydroxylation is 1. The highest BCUT2D eigenvalue weighted by molar-refractivity contribution is 5.69. The van der Waals surface area contributed by atoms with Crippen LogP contribution in [-0.2, 0) is 16.8 Å². The van der Waals surface area contributed by atoms with Gasteiger partial charge in [0.1, 0.15) is 0 Å². The van der Waals surface area contributed by atoms with Gasteiger partial charge in [0.25, 0.3) is 0 Å². The van der Waals surface area contributed by atoms with Crippen molar-refractivity contribution in [2.45, 2.75) is 44.6 Å². The number of fused-ring (bicyclic) bond motifs is 1. The first-order valence-electron chi connectivity index (χ1n) is 6.73. The molecule has 0 spiro atoms. The maximum Gasteiger partial charge on any atom is 0.305 e. The van der Waals surface area contributed by atoms with E-state index in [9.17, 15) is 9.90 Å². The van der Waals surface area contributed by atoms with Gasteiger partial charge in [0.2, 0.25) is 0 Å². The van der Waals surface area contributed by atoms with Gasteiger partial charge in [0.15, 0.2) is 0 Å². The molecule has 3 nitrogen and oxygen atoms in total. The SMILES string of the molecule is CCNC1(CC(=O)O)CCCCc2ccccc21. The largest absolute Gasteiger partial charge is 0.481 e. The van der Waals surface area contributed by atoms with Gasteiger partial charge in [-0.05, 0) is 36.9 Å². The fourth-order valence-corrected chi connectivity index (χ4v) is 3.11. The third kappa shape index (κ3) is 2.56. The minimum absolute atomic E-state index is 0.165. The molecule has 1 aliphatic carbocycles. The number of hydrogen-bond donors (Lipinski definition) is 2.